The second kappa shape index (κ2) is 5.10. The van der Waals surface area contributed by atoms with Crippen LogP contribution in [0.15, 0.2) is 28.2 Å². The molecular weight excluding hydrogens is 204 g/mol. The molecule has 4 nitrogen and oxygen atoms in total. The Balaban J connectivity index is 3.29. The highest BCUT2D eigenvalue weighted by molar-refractivity contribution is 6.17. The van der Waals surface area contributed by atoms with Crippen LogP contribution < -0.4 is 0 Å². The molecule has 70 valence electrons. The van der Waals surface area contributed by atoms with Crippen LogP contribution >= 0.6 is 11.6 Å². The minimum atomic E-state index is 0.265. The van der Waals surface area contributed by atoms with Crippen LogP contribution in [0.5, 0.6) is 0 Å². The fourth-order valence-electron chi connectivity index (χ4n) is 0.935. The maximum atomic E-state index is 10.1. The molecule has 0 aliphatic rings. The molecule has 0 amide bonds. The lowest BCUT2D eigenvalue weighted by Crippen LogP contribution is -1.77. The maximum Gasteiger partial charge on any atom is 0.240 e. The van der Waals surface area contributed by atoms with E-state index in [4.69, 9.17) is 11.6 Å². The summed E-state index contributed by atoms with van der Waals surface area (Å²) in [5.41, 5.74) is 1.32. The molecular formula is C9H5ClN2O2. The van der Waals surface area contributed by atoms with E-state index in [1.807, 2.05) is 0 Å². The SMILES string of the molecule is O=C=Nc1ccc(CCl)cc1N=C=O. The largest absolute Gasteiger partial charge is 0.240 e. The zero-order valence-electron chi connectivity index (χ0n) is 7.03. The van der Waals surface area contributed by atoms with Gasteiger partial charge in [-0.1, -0.05) is 6.07 Å². The monoisotopic (exact) mass is 208 g/mol. The van der Waals surface area contributed by atoms with Gasteiger partial charge in [0.2, 0.25) is 12.2 Å². The molecule has 0 aromatic heterocycles. The molecule has 0 aliphatic heterocycles. The minimum absolute atomic E-state index is 0.265. The summed E-state index contributed by atoms with van der Waals surface area (Å²) in [7, 11) is 0. The summed E-state index contributed by atoms with van der Waals surface area (Å²) in [5.74, 6) is 0.298. The number of hydrogen-bond acceptors (Lipinski definition) is 4. The fourth-order valence-corrected chi connectivity index (χ4v) is 1.10. The van der Waals surface area contributed by atoms with Gasteiger partial charge in [0.1, 0.15) is 11.4 Å². The molecule has 1 rings (SSSR count). The van der Waals surface area contributed by atoms with Gasteiger partial charge in [-0.05, 0) is 17.7 Å². The van der Waals surface area contributed by atoms with Gasteiger partial charge in [-0.25, -0.2) is 9.59 Å². The standard InChI is InChI=1S/C9H5ClN2O2/c10-4-7-1-2-8(11-5-13)9(3-7)12-6-14/h1-3H,4H2. The van der Waals surface area contributed by atoms with Gasteiger partial charge in [-0.3, -0.25) is 0 Å². The van der Waals surface area contributed by atoms with E-state index >= 15 is 0 Å². The summed E-state index contributed by atoms with van der Waals surface area (Å²) in [6.45, 7) is 0. The maximum absolute atomic E-state index is 10.1. The molecule has 1 aromatic rings. The Morgan fingerprint density at radius 1 is 1.14 bits per heavy atom. The van der Waals surface area contributed by atoms with Crippen molar-refractivity contribution >= 4 is 35.1 Å². The number of benzene rings is 1. The van der Waals surface area contributed by atoms with Crippen molar-refractivity contribution in [2.24, 2.45) is 9.98 Å². The number of alkyl halides is 1. The lowest BCUT2D eigenvalue weighted by molar-refractivity contribution is 0.564. The van der Waals surface area contributed by atoms with Gasteiger partial charge in [0.25, 0.3) is 0 Å². The molecule has 0 saturated heterocycles. The number of isocyanates is 2. The third kappa shape index (κ3) is 2.38. The minimum Gasteiger partial charge on any atom is -0.211 e. The Hall–Kier alpha value is -1.73. The van der Waals surface area contributed by atoms with E-state index in [0.717, 1.165) is 5.56 Å². The van der Waals surface area contributed by atoms with Gasteiger partial charge in [-0.15, -0.1) is 11.6 Å². The van der Waals surface area contributed by atoms with E-state index < -0.39 is 0 Å². The first kappa shape index (κ1) is 10.4. The van der Waals surface area contributed by atoms with Crippen LogP contribution in [0.25, 0.3) is 0 Å². The van der Waals surface area contributed by atoms with Gasteiger partial charge in [0.15, 0.2) is 0 Å². The lowest BCUT2D eigenvalue weighted by Gasteiger charge is -1.98. The van der Waals surface area contributed by atoms with Crippen molar-refractivity contribution in [1.29, 1.82) is 0 Å². The van der Waals surface area contributed by atoms with E-state index in [1.54, 1.807) is 18.2 Å². The zero-order valence-corrected chi connectivity index (χ0v) is 7.78. The Bertz CT molecular complexity index is 432. The number of halogens is 1. The van der Waals surface area contributed by atoms with Crippen LogP contribution in [0.3, 0.4) is 0 Å². The van der Waals surface area contributed by atoms with Crippen molar-refractivity contribution in [3.63, 3.8) is 0 Å². The predicted octanol–water partition coefficient (Wildman–Crippen LogP) is 2.36. The summed E-state index contributed by atoms with van der Waals surface area (Å²) < 4.78 is 0. The van der Waals surface area contributed by atoms with Gasteiger partial charge in [0.05, 0.1) is 0 Å². The van der Waals surface area contributed by atoms with Crippen LogP contribution in [-0.4, -0.2) is 12.2 Å². The summed E-state index contributed by atoms with van der Waals surface area (Å²) in [6, 6.07) is 4.79. The van der Waals surface area contributed by atoms with E-state index in [1.165, 1.54) is 12.2 Å². The molecule has 5 heteroatoms. The molecule has 0 atom stereocenters. The summed E-state index contributed by atoms with van der Waals surface area (Å²) in [4.78, 5) is 26.9. The average molecular weight is 209 g/mol. The first-order chi connectivity index (χ1) is 6.81. The molecule has 0 radical (unpaired) electrons. The van der Waals surface area contributed by atoms with E-state index in [0.29, 0.717) is 5.88 Å². The second-order valence-corrected chi connectivity index (χ2v) is 2.63. The Morgan fingerprint density at radius 3 is 2.36 bits per heavy atom. The fraction of sp³-hybridized carbons (Fsp3) is 0.111. The quantitative estimate of drug-likeness (QED) is 0.435. The third-order valence-corrected chi connectivity index (χ3v) is 1.83. The number of hydrogen-bond donors (Lipinski definition) is 0. The highest BCUT2D eigenvalue weighted by atomic mass is 35.5. The normalized spacial score (nSPS) is 8.64. The molecule has 14 heavy (non-hydrogen) atoms. The molecule has 0 aliphatic carbocycles. The van der Waals surface area contributed by atoms with Crippen molar-refractivity contribution in [2.45, 2.75) is 5.88 Å². The van der Waals surface area contributed by atoms with Crippen LogP contribution in [-0.2, 0) is 15.5 Å². The number of carbonyl (C=O) groups excluding carboxylic acids is 2. The number of rotatable bonds is 3. The zero-order chi connectivity index (χ0) is 10.4. The molecule has 0 bridgehead atoms. The molecule has 1 aromatic carbocycles. The molecule has 0 heterocycles. The van der Waals surface area contributed by atoms with Crippen LogP contribution in [0, 0.1) is 0 Å². The molecule has 0 fully saturated rings. The van der Waals surface area contributed by atoms with E-state index in [2.05, 4.69) is 9.98 Å². The third-order valence-electron chi connectivity index (χ3n) is 1.53. The summed E-state index contributed by atoms with van der Waals surface area (Å²) in [6.07, 6.45) is 2.75. The summed E-state index contributed by atoms with van der Waals surface area (Å²) in [5, 5.41) is 0. The first-order valence-corrected chi connectivity index (χ1v) is 4.20. The summed E-state index contributed by atoms with van der Waals surface area (Å²) >= 11 is 5.58. The first-order valence-electron chi connectivity index (χ1n) is 3.66. The van der Waals surface area contributed by atoms with Crippen molar-refractivity contribution < 1.29 is 9.59 Å². The number of aliphatic imine (C=N–C) groups is 2. The van der Waals surface area contributed by atoms with E-state index in [-0.39, 0.29) is 11.4 Å². The molecule has 0 unspecified atom stereocenters. The van der Waals surface area contributed by atoms with Crippen molar-refractivity contribution in [2.75, 3.05) is 0 Å². The Labute approximate surface area is 84.9 Å². The molecule has 0 spiro atoms. The highest BCUT2D eigenvalue weighted by Crippen LogP contribution is 2.28. The van der Waals surface area contributed by atoms with Gasteiger partial charge in [-0.2, -0.15) is 9.98 Å². The number of nitrogens with zero attached hydrogens (tertiary/aromatic N) is 2. The van der Waals surface area contributed by atoms with Gasteiger partial charge < -0.3 is 0 Å². The Morgan fingerprint density at radius 2 is 1.79 bits per heavy atom. The lowest BCUT2D eigenvalue weighted by atomic mass is 10.2. The average Bonchev–Trinajstić information content (AvgIpc) is 2.21. The van der Waals surface area contributed by atoms with E-state index in [9.17, 15) is 9.59 Å². The smallest absolute Gasteiger partial charge is 0.211 e. The van der Waals surface area contributed by atoms with Crippen LogP contribution in [0.2, 0.25) is 0 Å². The van der Waals surface area contributed by atoms with Crippen LogP contribution in [0.4, 0.5) is 11.4 Å². The highest BCUT2D eigenvalue weighted by Gasteiger charge is 2.01. The Kier molecular flexibility index (Phi) is 3.77. The molecule has 0 N–H and O–H groups in total. The second-order valence-electron chi connectivity index (χ2n) is 2.36. The van der Waals surface area contributed by atoms with Gasteiger partial charge in [0, 0.05) is 5.88 Å². The van der Waals surface area contributed by atoms with Crippen molar-refractivity contribution in [3.8, 4) is 0 Å². The predicted molar refractivity (Wildman–Crippen MR) is 51.6 cm³/mol. The van der Waals surface area contributed by atoms with Crippen molar-refractivity contribution in [3.05, 3.63) is 23.8 Å². The van der Waals surface area contributed by atoms with Crippen molar-refractivity contribution in [1.82, 2.24) is 0 Å². The van der Waals surface area contributed by atoms with Crippen LogP contribution in [0.1, 0.15) is 5.56 Å². The molecule has 0 saturated carbocycles. The topological polar surface area (TPSA) is 58.9 Å². The van der Waals surface area contributed by atoms with Gasteiger partial charge >= 0.3 is 0 Å².